The first-order valence-electron chi connectivity index (χ1n) is 46.5. The number of rotatable bonds is 11. The summed E-state index contributed by atoms with van der Waals surface area (Å²) in [5, 5.41) is 54.5. The van der Waals surface area contributed by atoms with Crippen molar-refractivity contribution in [2.75, 3.05) is 46.2 Å². The summed E-state index contributed by atoms with van der Waals surface area (Å²) < 4.78 is 75.8. The lowest BCUT2D eigenvalue weighted by Crippen LogP contribution is -2.46. The number of fused-ring (bicyclic) bond motifs is 7. The van der Waals surface area contributed by atoms with Crippen LogP contribution in [0.15, 0.2) is 128 Å². The monoisotopic (exact) mass is 2040 g/mol. The van der Waals surface area contributed by atoms with Gasteiger partial charge in [-0.05, 0) is 164 Å². The third-order valence-electron chi connectivity index (χ3n) is 23.5. The highest BCUT2D eigenvalue weighted by molar-refractivity contribution is 6.35. The fourth-order valence-electron chi connectivity index (χ4n) is 16.9. The number of pyridine rings is 3. The molecule has 0 saturated heterocycles. The zero-order valence-electron chi connectivity index (χ0n) is 83.2. The van der Waals surface area contributed by atoms with Gasteiger partial charge in [0.1, 0.15) is 45.5 Å². The predicted molar refractivity (Wildman–Crippen MR) is 527 cm³/mol. The number of halogens is 4. The molecule has 0 bridgehead atoms. The van der Waals surface area contributed by atoms with E-state index in [1.807, 2.05) is 53.2 Å². The second-order valence-corrected chi connectivity index (χ2v) is 40.7. The summed E-state index contributed by atoms with van der Waals surface area (Å²) in [5.74, 6) is -7.58. The highest BCUT2D eigenvalue weighted by Gasteiger charge is 2.45. The number of hydrogen-bond donors (Lipinski definition) is 7. The fraction of sp³-hybridized carbons (Fsp3) is 0.353. The van der Waals surface area contributed by atoms with Crippen molar-refractivity contribution in [2.24, 2.45) is 46.6 Å². The van der Waals surface area contributed by atoms with Crippen LogP contribution in [0.5, 0.6) is 0 Å². The molecule has 42 nitrogen and oxygen atoms in total. The molecule has 0 spiro atoms. The van der Waals surface area contributed by atoms with Gasteiger partial charge in [-0.25, -0.2) is 71.3 Å². The molecule has 7 aromatic heterocycles. The molecule has 768 valence electrons. The van der Waals surface area contributed by atoms with Crippen LogP contribution in [0, 0.1) is 75.1 Å². The smallest absolute Gasteiger partial charge is 0.417 e. The Morgan fingerprint density at radius 1 is 0.432 bits per heavy atom. The normalized spacial score (nSPS) is 16.2. The molecule has 0 radical (unpaired) electrons. The number of carbonyl (C=O) groups is 12. The van der Waals surface area contributed by atoms with Crippen molar-refractivity contribution in [2.45, 2.75) is 184 Å². The summed E-state index contributed by atoms with van der Waals surface area (Å²) in [6.07, 6.45) is 4.35. The van der Waals surface area contributed by atoms with E-state index in [0.717, 1.165) is 32.4 Å². The van der Waals surface area contributed by atoms with E-state index in [4.69, 9.17) is 58.2 Å². The maximum atomic E-state index is 15.2. The highest BCUT2D eigenvalue weighted by Crippen LogP contribution is 2.42. The highest BCUT2D eigenvalue weighted by atomic mass is 35.5. The molecule has 4 aromatic carbocycles. The Balaban J connectivity index is 0.000000150. The molecule has 14 heterocycles. The lowest BCUT2D eigenvalue weighted by molar-refractivity contribution is -0.122. The van der Waals surface area contributed by atoms with Gasteiger partial charge in [0.2, 0.25) is 23.6 Å². The largest absolute Gasteiger partial charge is 0.443 e. The molecule has 148 heavy (non-hydrogen) atoms. The van der Waals surface area contributed by atoms with Gasteiger partial charge < -0.3 is 57.3 Å². The average Bonchev–Trinajstić information content (AvgIpc) is 1.58. The average molecular weight is 2050 g/mol. The Bertz CT molecular complexity index is 7350. The molecule has 4 atom stereocenters. The van der Waals surface area contributed by atoms with E-state index >= 15 is 4.39 Å². The summed E-state index contributed by atoms with van der Waals surface area (Å²) in [5.41, 5.74) is 26.4. The number of primary amides is 4. The van der Waals surface area contributed by atoms with Crippen LogP contribution in [0.2, 0.25) is 5.02 Å². The first-order chi connectivity index (χ1) is 69.6. The minimum Gasteiger partial charge on any atom is -0.443 e. The number of benzene rings is 4. The van der Waals surface area contributed by atoms with Crippen molar-refractivity contribution in [3.05, 3.63) is 229 Å². The number of ether oxygens (including phenoxy) is 5. The first kappa shape index (κ1) is 106. The summed E-state index contributed by atoms with van der Waals surface area (Å²) in [6.45, 7) is 27.0. The number of nitrogens with two attached hydrogens (primary N) is 4. The van der Waals surface area contributed by atoms with Crippen LogP contribution in [-0.4, -0.2) is 190 Å². The quantitative estimate of drug-likeness (QED) is 0.0591. The van der Waals surface area contributed by atoms with E-state index in [0.29, 0.717) is 77.7 Å². The number of aromatic nitrogens is 11. The van der Waals surface area contributed by atoms with Gasteiger partial charge in [0.15, 0.2) is 0 Å². The van der Waals surface area contributed by atoms with Gasteiger partial charge in [-0.2, -0.15) is 36.2 Å². The van der Waals surface area contributed by atoms with E-state index in [1.54, 1.807) is 129 Å². The second kappa shape index (κ2) is 42.1. The van der Waals surface area contributed by atoms with Crippen molar-refractivity contribution in [3.63, 3.8) is 0 Å². The number of aromatic amines is 1. The molecule has 0 aliphatic carbocycles. The van der Waals surface area contributed by atoms with E-state index in [-0.39, 0.29) is 141 Å². The van der Waals surface area contributed by atoms with Crippen LogP contribution in [0.25, 0.3) is 45.1 Å². The van der Waals surface area contributed by atoms with Crippen LogP contribution >= 0.6 is 11.6 Å². The van der Waals surface area contributed by atoms with Gasteiger partial charge in [0, 0.05) is 51.9 Å². The third-order valence-corrected chi connectivity index (χ3v) is 23.8. The number of amides is 12. The van der Waals surface area contributed by atoms with Crippen LogP contribution in [0.3, 0.4) is 0 Å². The van der Waals surface area contributed by atoms with Crippen molar-refractivity contribution >= 4 is 106 Å². The Morgan fingerprint density at radius 2 is 0.838 bits per heavy atom. The topological polar surface area (TPSA) is 588 Å². The number of nitrogens with zero attached hydrogens (tertiary/aromatic N) is 18. The number of hydrogen-bond acceptors (Lipinski definition) is 28. The zero-order chi connectivity index (χ0) is 108. The van der Waals surface area contributed by atoms with Crippen molar-refractivity contribution in [3.8, 4) is 63.4 Å². The van der Waals surface area contributed by atoms with Gasteiger partial charge in [-0.1, -0.05) is 60.1 Å². The summed E-state index contributed by atoms with van der Waals surface area (Å²) >= 11 is 6.23. The molecule has 11 N–H and O–H groups in total. The first-order valence-corrected chi connectivity index (χ1v) is 46.9. The molecule has 11 aromatic rings. The molecular formula is C102H105ClF3N25O17. The number of nitriles is 3. The van der Waals surface area contributed by atoms with Gasteiger partial charge in [0.05, 0.1) is 239 Å². The Kier molecular flexibility index (Phi) is 30.2. The molecule has 18 rings (SSSR count). The van der Waals surface area contributed by atoms with Crippen molar-refractivity contribution < 1.29 is 94.4 Å². The minimum absolute atomic E-state index is 0.00174. The Hall–Kier alpha value is -17.4. The summed E-state index contributed by atoms with van der Waals surface area (Å²) in [6, 6.07) is 32.3. The van der Waals surface area contributed by atoms with Gasteiger partial charge >= 0.3 is 30.5 Å². The molecule has 0 fully saturated rings. The molecule has 7 aliphatic rings. The lowest BCUT2D eigenvalue weighted by atomic mass is 9.96. The van der Waals surface area contributed by atoms with E-state index in [1.165, 1.54) is 97.0 Å². The van der Waals surface area contributed by atoms with E-state index in [2.05, 4.69) is 51.1 Å². The van der Waals surface area contributed by atoms with Crippen molar-refractivity contribution in [1.82, 2.24) is 69.6 Å². The minimum atomic E-state index is -0.901. The molecule has 7 aliphatic heterocycles. The maximum absolute atomic E-state index is 15.2. The van der Waals surface area contributed by atoms with Crippen LogP contribution in [0.4, 0.5) is 59.9 Å². The molecular weight excluding hydrogens is 1940 g/mol. The van der Waals surface area contributed by atoms with Gasteiger partial charge in [0.25, 0.3) is 17.7 Å². The maximum Gasteiger partial charge on any atom is 0.417 e. The molecule has 46 heteroatoms. The van der Waals surface area contributed by atoms with Crippen molar-refractivity contribution in [1.29, 1.82) is 15.8 Å². The van der Waals surface area contributed by atoms with Crippen LogP contribution < -0.4 is 48.3 Å². The molecule has 12 amide bonds. The molecule has 0 saturated carbocycles. The number of nitrogens with one attached hydrogen (secondary N) is 3. The fourth-order valence-corrected chi connectivity index (χ4v) is 17.1. The standard InChI is InChI=1S/C31H32FN7O6.C21H16FN7O2.C19H15ClFN3O3.C19H24N4O3.C12H18N4O3/c1-30(2,3)44-28(42)37-13-17(26(34)40)10-19-23(37)15-39(36-19)22-11-20(24-16(12-33)8-7-9-18(24)32)35-21-14-38(27(41)25(21)22)29(43)45-31(4,5)6;22-12-3-1-2-10(6-23)18(12)14-5-17(19-15(27-14)8-26-21(19)31)29-9-16-13(28-29)4-11(7-25-16)20(24)30;1-19(2,3)27-18(26)24-9-14-16(17(24)25)11(20)7-13(23-14)15-10(8-22)5-4-6-12(15)21;1-19(2,3)26-18(25)22-12-14(17(20)24)9-15-16(22)10-21-23(15)11-13-7-5-4-6-8-13;1-12(2,3)19-11(18)16-6-7(10(13)17)4-8-9(16)5-14-15-8/h7-9,11,15,17H,10,13-14H2,1-6H3,(H2,34,40);1-3,5,9,11,25H,4,7-8H2,(H2,24,30)(H,26,31);4-7H,9H2,1-3H3;4-8,10,14H,9,11-12H2,1-3H3,(H2,20,24);5,7H,4,6H2,1-3H3,(H2,13,17)(H,14,15). The number of carbonyl (C=O) groups excluding carboxylic acids is 12. The van der Waals surface area contributed by atoms with Gasteiger partial charge in [-0.15, -0.1) is 0 Å². The molecule has 4 unspecified atom stereocenters. The number of H-pyrrole nitrogens is 1. The summed E-state index contributed by atoms with van der Waals surface area (Å²) in [7, 11) is 0. The van der Waals surface area contributed by atoms with E-state index < -0.39 is 129 Å². The lowest BCUT2D eigenvalue weighted by Gasteiger charge is -2.33. The van der Waals surface area contributed by atoms with E-state index in [9.17, 15) is 82.1 Å². The van der Waals surface area contributed by atoms with Gasteiger partial charge in [-0.3, -0.25) is 58.0 Å². The summed E-state index contributed by atoms with van der Waals surface area (Å²) in [4.78, 5) is 168. The predicted octanol–water partition coefficient (Wildman–Crippen LogP) is 12.9. The third kappa shape index (κ3) is 23.8. The Morgan fingerprint density at radius 3 is 1.31 bits per heavy atom. The SMILES string of the molecule is CC(C)(C)OC(=O)N1CC(C(N)=O)Cc2[nH]ncc21.CC(C)(C)OC(=O)N1CC(C(N)=O)Cc2c1cnn2Cc1ccccc1.CC(C)(C)OC(=O)N1Cc2nc(-c3c(F)cccc3C#N)cc(-n3cc4c(n3)CC(C(N)=O)CN4C(=O)OC(C)(C)C)c2C1=O.CC(C)(C)OC(=O)N1Cc2nc(-c3c(F)cccc3C#N)cc(Cl)c2C1=O.N#Cc1cccc(F)c1-c1cc(-n2cc3c(n2)CC(C(N)=O)CN3)c2c(n1)CNC2=O. The van der Waals surface area contributed by atoms with Crippen LogP contribution in [-0.2, 0) is 94.7 Å². The second-order valence-electron chi connectivity index (χ2n) is 40.3. The number of imide groups is 2. The zero-order valence-corrected chi connectivity index (χ0v) is 84.0. The number of anilines is 4. The Labute approximate surface area is 850 Å². The van der Waals surface area contributed by atoms with Crippen LogP contribution in [0.1, 0.15) is 197 Å².